The first kappa shape index (κ1) is 18.9. The molecule has 1 unspecified atom stereocenters. The Morgan fingerprint density at radius 2 is 1.68 bits per heavy atom. The van der Waals surface area contributed by atoms with Crippen LogP contribution in [0.2, 0.25) is 0 Å². The van der Waals surface area contributed by atoms with E-state index in [-0.39, 0.29) is 24.4 Å². The standard InChI is InChI=1S/C19H21NO4.ClH/c1-22-16-10-13-9-14(11-15(13)17(23-2)18(16)24-3)20-19(21)12-7-5-4-6-8-12;/h4-8,10,14H,9,11H2,1-3H3,(H,20,21);1H. The third-order valence-corrected chi connectivity index (χ3v) is 4.31. The monoisotopic (exact) mass is 363 g/mol. The summed E-state index contributed by atoms with van der Waals surface area (Å²) in [5.41, 5.74) is 2.84. The average Bonchev–Trinajstić information content (AvgIpc) is 3.02. The number of methoxy groups -OCH3 is 3. The van der Waals surface area contributed by atoms with Crippen molar-refractivity contribution in [2.75, 3.05) is 21.3 Å². The number of carbonyl (C=O) groups excluding carboxylic acids is 1. The number of carbonyl (C=O) groups is 1. The van der Waals surface area contributed by atoms with E-state index in [1.165, 1.54) is 0 Å². The van der Waals surface area contributed by atoms with E-state index in [1.54, 1.807) is 21.3 Å². The molecule has 134 valence electrons. The molecule has 2 aromatic rings. The van der Waals surface area contributed by atoms with Gasteiger partial charge < -0.3 is 19.5 Å². The molecule has 2 aromatic carbocycles. The predicted molar refractivity (Wildman–Crippen MR) is 98.5 cm³/mol. The van der Waals surface area contributed by atoms with Crippen molar-refractivity contribution >= 4 is 18.3 Å². The quantitative estimate of drug-likeness (QED) is 0.887. The van der Waals surface area contributed by atoms with Crippen LogP contribution in [-0.4, -0.2) is 33.3 Å². The largest absolute Gasteiger partial charge is 0.493 e. The van der Waals surface area contributed by atoms with Crippen LogP contribution in [0.3, 0.4) is 0 Å². The van der Waals surface area contributed by atoms with Gasteiger partial charge in [-0.3, -0.25) is 4.79 Å². The normalized spacial score (nSPS) is 14.9. The zero-order chi connectivity index (χ0) is 17.1. The number of amides is 1. The molecule has 0 saturated carbocycles. The second-order valence-corrected chi connectivity index (χ2v) is 5.73. The summed E-state index contributed by atoms with van der Waals surface area (Å²) in [6.07, 6.45) is 1.45. The van der Waals surface area contributed by atoms with Crippen molar-refractivity contribution in [3.8, 4) is 17.2 Å². The minimum atomic E-state index is -0.0636. The van der Waals surface area contributed by atoms with Crippen LogP contribution < -0.4 is 19.5 Å². The van der Waals surface area contributed by atoms with Gasteiger partial charge in [-0.2, -0.15) is 0 Å². The Morgan fingerprint density at radius 1 is 1.00 bits per heavy atom. The number of benzene rings is 2. The summed E-state index contributed by atoms with van der Waals surface area (Å²) in [6, 6.07) is 11.2. The molecule has 1 amide bonds. The highest BCUT2D eigenvalue weighted by Crippen LogP contribution is 2.45. The van der Waals surface area contributed by atoms with Gasteiger partial charge in [0, 0.05) is 17.2 Å². The van der Waals surface area contributed by atoms with Crippen molar-refractivity contribution in [2.45, 2.75) is 18.9 Å². The molecular weight excluding hydrogens is 342 g/mol. The first-order chi connectivity index (χ1) is 11.7. The highest BCUT2D eigenvalue weighted by molar-refractivity contribution is 5.94. The van der Waals surface area contributed by atoms with Crippen LogP contribution >= 0.6 is 12.4 Å². The highest BCUT2D eigenvalue weighted by atomic mass is 35.5. The maximum Gasteiger partial charge on any atom is 0.251 e. The molecule has 0 aromatic heterocycles. The summed E-state index contributed by atoms with van der Waals surface area (Å²) in [5, 5.41) is 3.09. The maximum atomic E-state index is 12.4. The molecular formula is C19H22ClNO4. The lowest BCUT2D eigenvalue weighted by Crippen LogP contribution is -2.35. The number of rotatable bonds is 5. The van der Waals surface area contributed by atoms with Crippen molar-refractivity contribution in [3.63, 3.8) is 0 Å². The highest BCUT2D eigenvalue weighted by Gasteiger charge is 2.30. The Labute approximate surface area is 153 Å². The Balaban J connectivity index is 0.00000225. The van der Waals surface area contributed by atoms with Gasteiger partial charge in [0.2, 0.25) is 5.75 Å². The van der Waals surface area contributed by atoms with E-state index in [0.29, 0.717) is 29.2 Å². The number of ether oxygens (including phenoxy) is 3. The molecule has 5 nitrogen and oxygen atoms in total. The molecule has 3 rings (SSSR count). The Bertz CT molecular complexity index is 749. The first-order valence-electron chi connectivity index (χ1n) is 7.84. The van der Waals surface area contributed by atoms with Crippen LogP contribution in [0.25, 0.3) is 0 Å². The van der Waals surface area contributed by atoms with Gasteiger partial charge in [-0.05, 0) is 36.6 Å². The van der Waals surface area contributed by atoms with Crippen molar-refractivity contribution in [1.82, 2.24) is 5.32 Å². The topological polar surface area (TPSA) is 56.8 Å². The number of fused-ring (bicyclic) bond motifs is 1. The Morgan fingerprint density at radius 3 is 2.28 bits per heavy atom. The summed E-state index contributed by atoms with van der Waals surface area (Å²) in [6.45, 7) is 0. The van der Waals surface area contributed by atoms with Crippen LogP contribution in [0.15, 0.2) is 36.4 Å². The van der Waals surface area contributed by atoms with E-state index in [0.717, 1.165) is 17.5 Å². The van der Waals surface area contributed by atoms with Gasteiger partial charge in [0.15, 0.2) is 11.5 Å². The van der Waals surface area contributed by atoms with Gasteiger partial charge in [0.1, 0.15) is 0 Å². The number of hydrogen-bond acceptors (Lipinski definition) is 4. The minimum absolute atomic E-state index is 0. The Kier molecular flexibility index (Phi) is 6.15. The third-order valence-electron chi connectivity index (χ3n) is 4.31. The minimum Gasteiger partial charge on any atom is -0.493 e. The summed E-state index contributed by atoms with van der Waals surface area (Å²) in [5.74, 6) is 1.85. The molecule has 1 aliphatic carbocycles. The number of halogens is 1. The van der Waals surface area contributed by atoms with Gasteiger partial charge in [-0.1, -0.05) is 18.2 Å². The smallest absolute Gasteiger partial charge is 0.251 e. The average molecular weight is 364 g/mol. The molecule has 1 atom stereocenters. The summed E-state index contributed by atoms with van der Waals surface area (Å²) >= 11 is 0. The molecule has 0 fully saturated rings. The second-order valence-electron chi connectivity index (χ2n) is 5.73. The molecule has 1 aliphatic rings. The van der Waals surface area contributed by atoms with Crippen molar-refractivity contribution in [3.05, 3.63) is 53.1 Å². The van der Waals surface area contributed by atoms with Crippen LogP contribution in [0, 0.1) is 0 Å². The molecule has 0 heterocycles. The van der Waals surface area contributed by atoms with E-state index in [1.807, 2.05) is 36.4 Å². The van der Waals surface area contributed by atoms with Crippen LogP contribution in [0.5, 0.6) is 17.2 Å². The third kappa shape index (κ3) is 3.66. The van der Waals surface area contributed by atoms with Crippen LogP contribution in [-0.2, 0) is 12.8 Å². The lowest BCUT2D eigenvalue weighted by molar-refractivity contribution is 0.0938. The lowest BCUT2D eigenvalue weighted by Gasteiger charge is -2.15. The van der Waals surface area contributed by atoms with Crippen molar-refractivity contribution in [1.29, 1.82) is 0 Å². The van der Waals surface area contributed by atoms with Crippen molar-refractivity contribution < 1.29 is 19.0 Å². The van der Waals surface area contributed by atoms with E-state index < -0.39 is 0 Å². The lowest BCUT2D eigenvalue weighted by atomic mass is 10.1. The van der Waals surface area contributed by atoms with E-state index in [4.69, 9.17) is 14.2 Å². The van der Waals surface area contributed by atoms with E-state index in [9.17, 15) is 4.79 Å². The predicted octanol–water partition coefficient (Wildman–Crippen LogP) is 3.03. The molecule has 0 radical (unpaired) electrons. The Hall–Kier alpha value is -2.40. The zero-order valence-electron chi connectivity index (χ0n) is 14.5. The molecule has 0 aliphatic heterocycles. The van der Waals surface area contributed by atoms with E-state index in [2.05, 4.69) is 5.32 Å². The van der Waals surface area contributed by atoms with Crippen molar-refractivity contribution in [2.24, 2.45) is 0 Å². The molecule has 25 heavy (non-hydrogen) atoms. The molecule has 0 saturated heterocycles. The van der Waals surface area contributed by atoms with Gasteiger partial charge in [0.05, 0.1) is 21.3 Å². The number of hydrogen-bond donors (Lipinski definition) is 1. The summed E-state index contributed by atoms with van der Waals surface area (Å²) in [4.78, 5) is 12.4. The SMILES string of the molecule is COc1cc2c(c(OC)c1OC)CC(NC(=O)c1ccccc1)C2.Cl. The molecule has 0 bridgehead atoms. The number of nitrogens with one attached hydrogen (secondary N) is 1. The van der Waals surface area contributed by atoms with Gasteiger partial charge in [-0.15, -0.1) is 12.4 Å². The summed E-state index contributed by atoms with van der Waals surface area (Å²) in [7, 11) is 4.82. The molecule has 6 heteroatoms. The second kappa shape index (κ2) is 8.12. The molecule has 0 spiro atoms. The van der Waals surface area contributed by atoms with Gasteiger partial charge in [-0.25, -0.2) is 0 Å². The molecule has 1 N–H and O–H groups in total. The zero-order valence-corrected chi connectivity index (χ0v) is 15.3. The maximum absolute atomic E-state index is 12.4. The van der Waals surface area contributed by atoms with Crippen LogP contribution in [0.1, 0.15) is 21.5 Å². The van der Waals surface area contributed by atoms with Gasteiger partial charge >= 0.3 is 0 Å². The van der Waals surface area contributed by atoms with E-state index >= 15 is 0 Å². The fraction of sp³-hybridized carbons (Fsp3) is 0.316. The van der Waals surface area contributed by atoms with Crippen LogP contribution in [0.4, 0.5) is 0 Å². The summed E-state index contributed by atoms with van der Waals surface area (Å²) < 4.78 is 16.4. The fourth-order valence-corrected chi connectivity index (χ4v) is 3.22. The first-order valence-corrected chi connectivity index (χ1v) is 7.84. The fourth-order valence-electron chi connectivity index (χ4n) is 3.22. The van der Waals surface area contributed by atoms with Gasteiger partial charge in [0.25, 0.3) is 5.91 Å².